The zero-order chi connectivity index (χ0) is 12.3. The third-order valence-corrected chi connectivity index (χ3v) is 2.69. The minimum Gasteiger partial charge on any atom is -0.478 e. The summed E-state index contributed by atoms with van der Waals surface area (Å²) in [5.74, 6) is -1.01. The van der Waals surface area contributed by atoms with E-state index in [9.17, 15) is 4.79 Å². The number of carboxylic acids is 1. The minimum absolute atomic E-state index is 0.139. The van der Waals surface area contributed by atoms with Gasteiger partial charge in [0.15, 0.2) is 0 Å². The first-order valence-electron chi connectivity index (χ1n) is 4.65. The summed E-state index contributed by atoms with van der Waals surface area (Å²) in [5.41, 5.74) is 0.889. The summed E-state index contributed by atoms with van der Waals surface area (Å²) in [5, 5.41) is 23.2. The molecule has 0 radical (unpaired) electrons. The summed E-state index contributed by atoms with van der Waals surface area (Å²) in [6, 6.07) is 7.12. The molecule has 17 heavy (non-hydrogen) atoms. The fourth-order valence-corrected chi connectivity index (χ4v) is 1.67. The normalized spacial score (nSPS) is 9.82. The Labute approximate surface area is 101 Å². The fraction of sp³-hybridized carbons (Fsp3) is 0. The van der Waals surface area contributed by atoms with Crippen molar-refractivity contribution in [2.45, 2.75) is 4.90 Å². The van der Waals surface area contributed by atoms with Gasteiger partial charge in [0.2, 0.25) is 0 Å². The summed E-state index contributed by atoms with van der Waals surface area (Å²) < 4.78 is 1.48. The lowest BCUT2D eigenvalue weighted by Gasteiger charge is -2.00. The summed E-state index contributed by atoms with van der Waals surface area (Å²) in [4.78, 5) is 11.5. The monoisotopic (exact) mass is 245 g/mol. The molecule has 0 saturated carbocycles. The van der Waals surface area contributed by atoms with Gasteiger partial charge in [0, 0.05) is 11.1 Å². The maximum atomic E-state index is 10.7. The molecule has 84 valence electrons. The molecule has 1 heterocycles. The Bertz CT molecular complexity index is 584. The van der Waals surface area contributed by atoms with Crippen LogP contribution in [0.1, 0.15) is 10.4 Å². The number of aromatic nitrogens is 2. The fourth-order valence-electron chi connectivity index (χ4n) is 1.29. The van der Waals surface area contributed by atoms with E-state index < -0.39 is 5.97 Å². The molecule has 1 aromatic heterocycles. The number of hydrogen-bond donors (Lipinski definition) is 1. The van der Waals surface area contributed by atoms with Crippen molar-refractivity contribution in [3.8, 4) is 11.1 Å². The molecule has 5 nitrogen and oxygen atoms in total. The molecule has 0 aliphatic heterocycles. The second kappa shape index (κ2) is 4.72. The number of thiocyanates is 1. The Balaban J connectivity index is 2.27. The Hall–Kier alpha value is -2.26. The van der Waals surface area contributed by atoms with Gasteiger partial charge in [-0.1, -0.05) is 0 Å². The SMILES string of the molecule is N#CSc1ccc(-n2cc(C(=O)O)cn2)cc1. The zero-order valence-electron chi connectivity index (χ0n) is 8.57. The molecule has 0 amide bonds. The highest BCUT2D eigenvalue weighted by atomic mass is 32.2. The molecule has 6 heteroatoms. The Morgan fingerprint density at radius 1 is 1.41 bits per heavy atom. The van der Waals surface area contributed by atoms with Crippen LogP contribution >= 0.6 is 11.8 Å². The molecule has 1 aromatic carbocycles. The lowest BCUT2D eigenvalue weighted by molar-refractivity contribution is 0.0697. The van der Waals surface area contributed by atoms with Crippen LogP contribution in [-0.4, -0.2) is 20.9 Å². The van der Waals surface area contributed by atoms with Gasteiger partial charge in [0.05, 0.1) is 17.4 Å². The number of carboxylic acid groups (broad SMARTS) is 1. The number of carbonyl (C=O) groups is 1. The summed E-state index contributed by atoms with van der Waals surface area (Å²) in [6.07, 6.45) is 2.73. The van der Waals surface area contributed by atoms with Crippen molar-refractivity contribution in [2.24, 2.45) is 0 Å². The highest BCUT2D eigenvalue weighted by Crippen LogP contribution is 2.18. The average Bonchev–Trinajstić information content (AvgIpc) is 2.80. The van der Waals surface area contributed by atoms with Crippen molar-refractivity contribution in [3.63, 3.8) is 0 Å². The van der Waals surface area contributed by atoms with Crippen molar-refractivity contribution >= 4 is 17.7 Å². The second-order valence-electron chi connectivity index (χ2n) is 3.17. The first kappa shape index (κ1) is 11.2. The van der Waals surface area contributed by atoms with Crippen LogP contribution in [0.15, 0.2) is 41.6 Å². The van der Waals surface area contributed by atoms with Crippen LogP contribution in [0.25, 0.3) is 5.69 Å². The number of hydrogen-bond acceptors (Lipinski definition) is 4. The van der Waals surface area contributed by atoms with Crippen molar-refractivity contribution in [2.75, 3.05) is 0 Å². The number of rotatable bonds is 3. The van der Waals surface area contributed by atoms with Crippen LogP contribution in [-0.2, 0) is 0 Å². The zero-order valence-corrected chi connectivity index (χ0v) is 9.39. The van der Waals surface area contributed by atoms with Gasteiger partial charge in [-0.2, -0.15) is 10.4 Å². The highest BCUT2D eigenvalue weighted by molar-refractivity contribution is 8.03. The van der Waals surface area contributed by atoms with E-state index >= 15 is 0 Å². The topological polar surface area (TPSA) is 78.9 Å². The van der Waals surface area contributed by atoms with E-state index in [1.54, 1.807) is 24.3 Å². The molecule has 0 bridgehead atoms. The second-order valence-corrected chi connectivity index (χ2v) is 4.02. The van der Waals surface area contributed by atoms with Crippen LogP contribution < -0.4 is 0 Å². The largest absolute Gasteiger partial charge is 0.478 e. The Morgan fingerprint density at radius 3 is 2.65 bits per heavy atom. The maximum Gasteiger partial charge on any atom is 0.338 e. The van der Waals surface area contributed by atoms with Crippen LogP contribution in [0.2, 0.25) is 0 Å². The van der Waals surface area contributed by atoms with Crippen LogP contribution in [0.4, 0.5) is 0 Å². The van der Waals surface area contributed by atoms with Gasteiger partial charge >= 0.3 is 5.97 Å². The van der Waals surface area contributed by atoms with Crippen LogP contribution in [0, 0.1) is 10.7 Å². The highest BCUT2D eigenvalue weighted by Gasteiger charge is 2.06. The molecule has 0 saturated heterocycles. The van der Waals surface area contributed by atoms with Gasteiger partial charge in [-0.25, -0.2) is 9.48 Å². The molecular weight excluding hydrogens is 238 g/mol. The molecule has 0 aliphatic carbocycles. The summed E-state index contributed by atoms with van der Waals surface area (Å²) >= 11 is 1.07. The van der Waals surface area contributed by atoms with Gasteiger partial charge < -0.3 is 5.11 Å². The van der Waals surface area contributed by atoms with E-state index in [1.807, 2.05) is 5.40 Å². The van der Waals surface area contributed by atoms with Crippen LogP contribution in [0.5, 0.6) is 0 Å². The number of nitriles is 1. The lowest BCUT2D eigenvalue weighted by Crippen LogP contribution is -1.95. The number of benzene rings is 1. The minimum atomic E-state index is -1.01. The van der Waals surface area contributed by atoms with Crippen LogP contribution in [0.3, 0.4) is 0 Å². The smallest absolute Gasteiger partial charge is 0.338 e. The predicted octanol–water partition coefficient (Wildman–Crippen LogP) is 2.14. The third kappa shape index (κ3) is 2.46. The van der Waals surface area contributed by atoms with Crippen molar-refractivity contribution in [1.82, 2.24) is 9.78 Å². The van der Waals surface area contributed by atoms with Crippen molar-refractivity contribution in [3.05, 3.63) is 42.2 Å². The first-order valence-corrected chi connectivity index (χ1v) is 5.46. The third-order valence-electron chi connectivity index (χ3n) is 2.09. The molecule has 2 aromatic rings. The number of aromatic carboxylic acids is 1. The van der Waals surface area contributed by atoms with E-state index in [0.29, 0.717) is 0 Å². The molecule has 0 unspecified atom stereocenters. The quantitative estimate of drug-likeness (QED) is 0.662. The van der Waals surface area contributed by atoms with Gasteiger partial charge in [0.25, 0.3) is 0 Å². The van der Waals surface area contributed by atoms with Gasteiger partial charge in [-0.3, -0.25) is 0 Å². The number of nitrogens with zero attached hydrogens (tertiary/aromatic N) is 3. The van der Waals surface area contributed by atoms with E-state index in [4.69, 9.17) is 10.4 Å². The summed E-state index contributed by atoms with van der Waals surface area (Å²) in [7, 11) is 0. The average molecular weight is 245 g/mol. The van der Waals surface area contributed by atoms with Gasteiger partial charge in [-0.05, 0) is 36.0 Å². The molecule has 1 N–H and O–H groups in total. The molecular formula is C11H7N3O2S. The van der Waals surface area contributed by atoms with Crippen molar-refractivity contribution < 1.29 is 9.90 Å². The maximum absolute atomic E-state index is 10.7. The predicted molar refractivity (Wildman–Crippen MR) is 62.0 cm³/mol. The van der Waals surface area contributed by atoms with E-state index in [0.717, 1.165) is 22.3 Å². The molecule has 0 aliphatic rings. The van der Waals surface area contributed by atoms with Crippen molar-refractivity contribution in [1.29, 1.82) is 5.26 Å². The molecule has 0 spiro atoms. The molecule has 0 atom stereocenters. The van der Waals surface area contributed by atoms with Gasteiger partial charge in [-0.15, -0.1) is 0 Å². The van der Waals surface area contributed by atoms with Gasteiger partial charge in [0.1, 0.15) is 5.40 Å². The standard InChI is InChI=1S/C11H7N3O2S/c12-7-17-10-3-1-9(2-4-10)14-6-8(5-13-14)11(15)16/h1-6H,(H,15,16). The summed E-state index contributed by atoms with van der Waals surface area (Å²) in [6.45, 7) is 0. The first-order chi connectivity index (χ1) is 8.20. The Morgan fingerprint density at radius 2 is 2.12 bits per heavy atom. The molecule has 0 fully saturated rings. The van der Waals surface area contributed by atoms with E-state index in [-0.39, 0.29) is 5.56 Å². The van der Waals surface area contributed by atoms with E-state index in [2.05, 4.69) is 5.10 Å². The number of thioether (sulfide) groups is 1. The molecule has 2 rings (SSSR count). The Kier molecular flexibility index (Phi) is 3.12. The van der Waals surface area contributed by atoms with E-state index in [1.165, 1.54) is 17.1 Å². The lowest BCUT2D eigenvalue weighted by atomic mass is 10.3.